The summed E-state index contributed by atoms with van der Waals surface area (Å²) >= 11 is 0. The first kappa shape index (κ1) is 9.02. The molecule has 0 atom stereocenters. The van der Waals surface area contributed by atoms with Crippen LogP contribution in [0.5, 0.6) is 5.75 Å². The number of phenols is 1. The van der Waals surface area contributed by atoms with Gasteiger partial charge in [-0.1, -0.05) is 12.1 Å². The second-order valence-corrected chi connectivity index (χ2v) is 3.30. The standard InChI is InChI=1S/C10H12N2O2/c13-9-3-1-8(2-4-9)7-12-10(14)5-6-11-12/h1-4,11,13H,5-7H2. The van der Waals surface area contributed by atoms with E-state index in [1.807, 2.05) is 12.1 Å². The van der Waals surface area contributed by atoms with Crippen LogP contribution in [0.4, 0.5) is 0 Å². The van der Waals surface area contributed by atoms with E-state index in [2.05, 4.69) is 5.43 Å². The molecule has 0 radical (unpaired) electrons. The lowest BCUT2D eigenvalue weighted by molar-refractivity contribution is -0.130. The second kappa shape index (κ2) is 3.67. The Morgan fingerprint density at radius 2 is 2.07 bits per heavy atom. The van der Waals surface area contributed by atoms with E-state index in [0.717, 1.165) is 12.1 Å². The molecule has 1 fully saturated rings. The molecule has 1 aromatic carbocycles. The highest BCUT2D eigenvalue weighted by Gasteiger charge is 2.19. The second-order valence-electron chi connectivity index (χ2n) is 3.30. The van der Waals surface area contributed by atoms with Crippen LogP contribution in [-0.2, 0) is 11.3 Å². The molecule has 0 aliphatic carbocycles. The van der Waals surface area contributed by atoms with Crippen molar-refractivity contribution in [2.45, 2.75) is 13.0 Å². The average molecular weight is 192 g/mol. The molecule has 4 heteroatoms. The van der Waals surface area contributed by atoms with Crippen LogP contribution in [-0.4, -0.2) is 22.6 Å². The van der Waals surface area contributed by atoms with Gasteiger partial charge in [-0.3, -0.25) is 9.80 Å². The SMILES string of the molecule is O=C1CCNN1Cc1ccc(O)cc1. The molecule has 1 heterocycles. The minimum Gasteiger partial charge on any atom is -0.508 e. The van der Waals surface area contributed by atoms with E-state index in [1.54, 1.807) is 17.1 Å². The van der Waals surface area contributed by atoms with Crippen LogP contribution in [0.3, 0.4) is 0 Å². The number of nitrogens with one attached hydrogen (secondary N) is 1. The molecule has 1 aliphatic rings. The minimum atomic E-state index is 0.123. The number of hydrogen-bond acceptors (Lipinski definition) is 3. The van der Waals surface area contributed by atoms with Crippen LogP contribution in [0.25, 0.3) is 0 Å². The number of phenolic OH excluding ortho intramolecular Hbond substituents is 1. The van der Waals surface area contributed by atoms with Crippen LogP contribution in [0.15, 0.2) is 24.3 Å². The summed E-state index contributed by atoms with van der Waals surface area (Å²) in [4.78, 5) is 11.3. The van der Waals surface area contributed by atoms with Crippen LogP contribution in [0, 0.1) is 0 Å². The molecule has 1 saturated heterocycles. The Kier molecular flexibility index (Phi) is 2.37. The lowest BCUT2D eigenvalue weighted by atomic mass is 10.2. The molecule has 1 amide bonds. The van der Waals surface area contributed by atoms with Gasteiger partial charge in [-0.15, -0.1) is 0 Å². The molecule has 0 bridgehead atoms. The topological polar surface area (TPSA) is 52.6 Å². The number of nitrogens with zero attached hydrogens (tertiary/aromatic N) is 1. The highest BCUT2D eigenvalue weighted by atomic mass is 16.3. The summed E-state index contributed by atoms with van der Waals surface area (Å²) in [7, 11) is 0. The first-order valence-electron chi connectivity index (χ1n) is 4.57. The van der Waals surface area contributed by atoms with E-state index in [-0.39, 0.29) is 11.7 Å². The van der Waals surface area contributed by atoms with E-state index in [9.17, 15) is 4.79 Å². The summed E-state index contributed by atoms with van der Waals surface area (Å²) in [5.41, 5.74) is 4.00. The Morgan fingerprint density at radius 3 is 2.64 bits per heavy atom. The first-order valence-corrected chi connectivity index (χ1v) is 4.57. The molecule has 1 aliphatic heterocycles. The number of carbonyl (C=O) groups excluding carboxylic acids is 1. The quantitative estimate of drug-likeness (QED) is 0.722. The van der Waals surface area contributed by atoms with Crippen LogP contribution < -0.4 is 5.43 Å². The molecule has 4 nitrogen and oxygen atoms in total. The Morgan fingerprint density at radius 1 is 1.36 bits per heavy atom. The fraction of sp³-hybridized carbons (Fsp3) is 0.300. The van der Waals surface area contributed by atoms with E-state index in [4.69, 9.17) is 5.11 Å². The third-order valence-electron chi connectivity index (χ3n) is 2.22. The third kappa shape index (κ3) is 1.85. The van der Waals surface area contributed by atoms with Crippen molar-refractivity contribution in [3.63, 3.8) is 0 Å². The summed E-state index contributed by atoms with van der Waals surface area (Å²) in [5, 5.41) is 10.7. The smallest absolute Gasteiger partial charge is 0.238 e. The van der Waals surface area contributed by atoms with Gasteiger partial charge in [0.2, 0.25) is 5.91 Å². The molecule has 2 N–H and O–H groups in total. The molecular formula is C10H12N2O2. The Balaban J connectivity index is 2.03. The zero-order chi connectivity index (χ0) is 9.97. The van der Waals surface area contributed by atoms with Crippen molar-refractivity contribution in [1.29, 1.82) is 0 Å². The van der Waals surface area contributed by atoms with Crippen molar-refractivity contribution >= 4 is 5.91 Å². The molecular weight excluding hydrogens is 180 g/mol. The maximum Gasteiger partial charge on any atom is 0.238 e. The normalized spacial score (nSPS) is 16.3. The lowest BCUT2D eigenvalue weighted by Crippen LogP contribution is -2.33. The summed E-state index contributed by atoms with van der Waals surface area (Å²) in [6.45, 7) is 1.27. The van der Waals surface area contributed by atoms with Gasteiger partial charge in [-0.25, -0.2) is 5.43 Å². The van der Waals surface area contributed by atoms with Crippen molar-refractivity contribution in [3.05, 3.63) is 29.8 Å². The van der Waals surface area contributed by atoms with Gasteiger partial charge in [0.25, 0.3) is 0 Å². The molecule has 1 aromatic rings. The number of aromatic hydroxyl groups is 1. The number of carbonyl (C=O) groups is 1. The molecule has 0 spiro atoms. The van der Waals surface area contributed by atoms with Gasteiger partial charge in [-0.2, -0.15) is 0 Å². The van der Waals surface area contributed by atoms with Gasteiger partial charge in [0.05, 0.1) is 6.54 Å². The van der Waals surface area contributed by atoms with Crippen molar-refractivity contribution in [2.24, 2.45) is 0 Å². The zero-order valence-electron chi connectivity index (χ0n) is 7.73. The van der Waals surface area contributed by atoms with Gasteiger partial charge < -0.3 is 5.11 Å². The lowest BCUT2D eigenvalue weighted by Gasteiger charge is -2.15. The number of hydrazine groups is 1. The molecule has 14 heavy (non-hydrogen) atoms. The predicted molar refractivity (Wildman–Crippen MR) is 51.3 cm³/mol. The maximum absolute atomic E-state index is 11.3. The number of hydrogen-bond donors (Lipinski definition) is 2. The molecule has 0 aromatic heterocycles. The van der Waals surface area contributed by atoms with Gasteiger partial charge in [0.15, 0.2) is 0 Å². The molecule has 0 unspecified atom stereocenters. The average Bonchev–Trinajstić information content (AvgIpc) is 2.56. The zero-order valence-corrected chi connectivity index (χ0v) is 7.73. The van der Waals surface area contributed by atoms with E-state index in [1.165, 1.54) is 0 Å². The minimum absolute atomic E-state index is 0.123. The number of amides is 1. The maximum atomic E-state index is 11.3. The van der Waals surface area contributed by atoms with Crippen LogP contribution >= 0.6 is 0 Å². The fourth-order valence-corrected chi connectivity index (χ4v) is 1.45. The monoisotopic (exact) mass is 192 g/mol. The van der Waals surface area contributed by atoms with Crippen molar-refractivity contribution in [2.75, 3.05) is 6.54 Å². The van der Waals surface area contributed by atoms with Crippen molar-refractivity contribution < 1.29 is 9.90 Å². The number of rotatable bonds is 2. The molecule has 0 saturated carbocycles. The summed E-state index contributed by atoms with van der Waals surface area (Å²) < 4.78 is 0. The van der Waals surface area contributed by atoms with E-state index < -0.39 is 0 Å². The van der Waals surface area contributed by atoms with Crippen LogP contribution in [0.1, 0.15) is 12.0 Å². The van der Waals surface area contributed by atoms with Crippen molar-refractivity contribution in [3.8, 4) is 5.75 Å². The van der Waals surface area contributed by atoms with Crippen LogP contribution in [0.2, 0.25) is 0 Å². The van der Waals surface area contributed by atoms with Gasteiger partial charge in [-0.05, 0) is 17.7 Å². The highest BCUT2D eigenvalue weighted by Crippen LogP contribution is 2.12. The predicted octanol–water partition coefficient (Wildman–Crippen LogP) is 0.629. The summed E-state index contributed by atoms with van der Waals surface area (Å²) in [5.74, 6) is 0.368. The highest BCUT2D eigenvalue weighted by molar-refractivity contribution is 5.77. The van der Waals surface area contributed by atoms with E-state index in [0.29, 0.717) is 13.0 Å². The summed E-state index contributed by atoms with van der Waals surface area (Å²) in [6, 6.07) is 6.86. The Hall–Kier alpha value is -1.55. The summed E-state index contributed by atoms with van der Waals surface area (Å²) in [6.07, 6.45) is 0.568. The molecule has 74 valence electrons. The largest absolute Gasteiger partial charge is 0.508 e. The van der Waals surface area contributed by atoms with Gasteiger partial charge in [0.1, 0.15) is 5.75 Å². The van der Waals surface area contributed by atoms with E-state index >= 15 is 0 Å². The fourth-order valence-electron chi connectivity index (χ4n) is 1.45. The first-order chi connectivity index (χ1) is 6.75. The third-order valence-corrected chi connectivity index (χ3v) is 2.22. The van der Waals surface area contributed by atoms with Gasteiger partial charge in [0, 0.05) is 13.0 Å². The Bertz CT molecular complexity index is 334. The molecule has 2 rings (SSSR count). The number of benzene rings is 1. The van der Waals surface area contributed by atoms with Crippen molar-refractivity contribution in [1.82, 2.24) is 10.4 Å². The Labute approximate surface area is 82.1 Å². The van der Waals surface area contributed by atoms with Gasteiger partial charge >= 0.3 is 0 Å².